The molecule has 3 aromatic rings. The largest absolute Gasteiger partial charge is 0.256 e. The molecule has 0 saturated carbocycles. The molecule has 0 unspecified atom stereocenters. The fourth-order valence-electron chi connectivity index (χ4n) is 1.92. The summed E-state index contributed by atoms with van der Waals surface area (Å²) in [6.07, 6.45) is 1.84. The Hall–Kier alpha value is -1.67. The van der Waals surface area contributed by atoms with Crippen LogP contribution in [0.25, 0.3) is 21.3 Å². The van der Waals surface area contributed by atoms with E-state index in [0.717, 1.165) is 5.69 Å². The highest BCUT2D eigenvalue weighted by Crippen LogP contribution is 2.29. The Labute approximate surface area is 98.4 Å². The Morgan fingerprint density at radius 3 is 2.88 bits per heavy atom. The van der Waals surface area contributed by atoms with E-state index in [9.17, 15) is 0 Å². The Morgan fingerprint density at radius 2 is 2.06 bits per heavy atom. The molecule has 1 aromatic carbocycles. The summed E-state index contributed by atoms with van der Waals surface area (Å²) in [7, 11) is 0. The number of rotatable bonds is 1. The molecule has 0 aliphatic rings. The maximum Gasteiger partial charge on any atom is 0.0705 e. The van der Waals surface area contributed by atoms with Crippen LogP contribution in [0, 0.1) is 6.92 Å². The van der Waals surface area contributed by atoms with E-state index in [4.69, 9.17) is 0 Å². The lowest BCUT2D eigenvalue weighted by Crippen LogP contribution is -1.85. The van der Waals surface area contributed by atoms with Crippen molar-refractivity contribution in [2.75, 3.05) is 0 Å². The first kappa shape index (κ1) is 9.55. The van der Waals surface area contributed by atoms with Gasteiger partial charge in [-0.05, 0) is 53.6 Å². The Balaban J connectivity index is 2.27. The highest BCUT2D eigenvalue weighted by Gasteiger charge is 2.05. The second-order valence-corrected chi connectivity index (χ2v) is 4.79. The number of hydrogen-bond acceptors (Lipinski definition) is 2. The van der Waals surface area contributed by atoms with Crippen LogP contribution in [0.3, 0.4) is 0 Å². The van der Waals surface area contributed by atoms with E-state index in [1.54, 1.807) is 11.3 Å². The Kier molecular flexibility index (Phi) is 2.22. The van der Waals surface area contributed by atoms with Gasteiger partial charge in [-0.3, -0.25) is 4.98 Å². The number of pyridine rings is 1. The fourth-order valence-corrected chi connectivity index (χ4v) is 2.73. The summed E-state index contributed by atoms with van der Waals surface area (Å²) in [5, 5.41) is 3.45. The van der Waals surface area contributed by atoms with Gasteiger partial charge in [0.1, 0.15) is 0 Å². The smallest absolute Gasteiger partial charge is 0.0705 e. The van der Waals surface area contributed by atoms with E-state index in [1.165, 1.54) is 21.2 Å². The van der Waals surface area contributed by atoms with Gasteiger partial charge in [0.15, 0.2) is 0 Å². The molecule has 2 heteroatoms. The number of fused-ring (bicyclic) bond motifs is 1. The van der Waals surface area contributed by atoms with Crippen molar-refractivity contribution in [3.63, 3.8) is 0 Å². The number of benzene rings is 1. The molecule has 0 bridgehead atoms. The summed E-state index contributed by atoms with van der Waals surface area (Å²) < 4.78 is 1.33. The van der Waals surface area contributed by atoms with Crippen molar-refractivity contribution in [3.8, 4) is 11.3 Å². The standard InChI is InChI=1S/C14H11NS/c1-10-8-11-5-7-16-14(11)9-12(10)13-4-2-3-6-15-13/h2-9H,1H3. The molecular weight excluding hydrogens is 214 g/mol. The third-order valence-corrected chi connectivity index (χ3v) is 3.62. The van der Waals surface area contributed by atoms with Gasteiger partial charge in [-0.25, -0.2) is 0 Å². The van der Waals surface area contributed by atoms with Crippen LogP contribution >= 0.6 is 11.3 Å². The van der Waals surface area contributed by atoms with Gasteiger partial charge in [-0.2, -0.15) is 0 Å². The molecule has 0 aliphatic heterocycles. The summed E-state index contributed by atoms with van der Waals surface area (Å²) in [5.41, 5.74) is 3.57. The highest BCUT2D eigenvalue weighted by atomic mass is 32.1. The molecule has 3 rings (SSSR count). The molecule has 0 spiro atoms. The van der Waals surface area contributed by atoms with Crippen molar-refractivity contribution in [1.82, 2.24) is 4.98 Å². The third-order valence-electron chi connectivity index (χ3n) is 2.74. The first-order valence-electron chi connectivity index (χ1n) is 5.24. The maximum atomic E-state index is 4.41. The number of nitrogens with zero attached hydrogens (tertiary/aromatic N) is 1. The van der Waals surface area contributed by atoms with Crippen LogP contribution in [-0.4, -0.2) is 4.98 Å². The molecular formula is C14H11NS. The summed E-state index contributed by atoms with van der Waals surface area (Å²) in [5.74, 6) is 0. The predicted octanol–water partition coefficient (Wildman–Crippen LogP) is 4.27. The van der Waals surface area contributed by atoms with Crippen molar-refractivity contribution < 1.29 is 0 Å². The van der Waals surface area contributed by atoms with E-state index >= 15 is 0 Å². The van der Waals surface area contributed by atoms with Gasteiger partial charge in [0.25, 0.3) is 0 Å². The van der Waals surface area contributed by atoms with Crippen molar-refractivity contribution in [2.24, 2.45) is 0 Å². The van der Waals surface area contributed by atoms with Gasteiger partial charge >= 0.3 is 0 Å². The van der Waals surface area contributed by atoms with Crippen molar-refractivity contribution in [1.29, 1.82) is 0 Å². The topological polar surface area (TPSA) is 12.9 Å². The zero-order valence-electron chi connectivity index (χ0n) is 8.97. The van der Waals surface area contributed by atoms with Crippen LogP contribution in [0.1, 0.15) is 5.56 Å². The lowest BCUT2D eigenvalue weighted by molar-refractivity contribution is 1.31. The Bertz CT molecular complexity index is 626. The van der Waals surface area contributed by atoms with Crippen molar-refractivity contribution in [3.05, 3.63) is 53.5 Å². The summed E-state index contributed by atoms with van der Waals surface area (Å²) >= 11 is 1.78. The molecule has 0 atom stereocenters. The fraction of sp³-hybridized carbons (Fsp3) is 0.0714. The van der Waals surface area contributed by atoms with E-state index in [2.05, 4.69) is 41.6 Å². The molecule has 0 fully saturated rings. The summed E-state index contributed by atoms with van der Waals surface area (Å²) in [6.45, 7) is 2.14. The Morgan fingerprint density at radius 1 is 1.12 bits per heavy atom. The van der Waals surface area contributed by atoms with Crippen molar-refractivity contribution in [2.45, 2.75) is 6.92 Å². The van der Waals surface area contributed by atoms with Crippen LogP contribution in [-0.2, 0) is 0 Å². The highest BCUT2D eigenvalue weighted by molar-refractivity contribution is 7.17. The van der Waals surface area contributed by atoms with E-state index in [-0.39, 0.29) is 0 Å². The minimum absolute atomic E-state index is 1.05. The lowest BCUT2D eigenvalue weighted by atomic mass is 10.0. The molecule has 2 heterocycles. The molecule has 0 amide bonds. The van der Waals surface area contributed by atoms with E-state index < -0.39 is 0 Å². The minimum atomic E-state index is 1.05. The first-order chi connectivity index (χ1) is 7.84. The summed E-state index contributed by atoms with van der Waals surface area (Å²) in [4.78, 5) is 4.41. The zero-order valence-corrected chi connectivity index (χ0v) is 9.79. The number of thiophene rings is 1. The number of aryl methyl sites for hydroxylation is 1. The van der Waals surface area contributed by atoms with Gasteiger partial charge in [0.05, 0.1) is 5.69 Å². The van der Waals surface area contributed by atoms with Crippen LogP contribution in [0.2, 0.25) is 0 Å². The molecule has 78 valence electrons. The quantitative estimate of drug-likeness (QED) is 0.602. The number of aromatic nitrogens is 1. The molecule has 16 heavy (non-hydrogen) atoms. The average molecular weight is 225 g/mol. The van der Waals surface area contributed by atoms with E-state index in [1.807, 2.05) is 18.3 Å². The monoisotopic (exact) mass is 225 g/mol. The molecule has 0 N–H and O–H groups in total. The van der Waals surface area contributed by atoms with Gasteiger partial charge in [-0.1, -0.05) is 6.07 Å². The van der Waals surface area contributed by atoms with Gasteiger partial charge in [0.2, 0.25) is 0 Å². The zero-order chi connectivity index (χ0) is 11.0. The lowest BCUT2D eigenvalue weighted by Gasteiger charge is -2.05. The molecule has 2 aromatic heterocycles. The van der Waals surface area contributed by atoms with Gasteiger partial charge in [0, 0.05) is 16.5 Å². The van der Waals surface area contributed by atoms with Gasteiger partial charge < -0.3 is 0 Å². The average Bonchev–Trinajstić information content (AvgIpc) is 2.76. The van der Waals surface area contributed by atoms with Gasteiger partial charge in [-0.15, -0.1) is 11.3 Å². The van der Waals surface area contributed by atoms with Crippen LogP contribution < -0.4 is 0 Å². The van der Waals surface area contributed by atoms with E-state index in [0.29, 0.717) is 0 Å². The second kappa shape index (κ2) is 3.72. The first-order valence-corrected chi connectivity index (χ1v) is 6.12. The normalized spacial score (nSPS) is 10.8. The third kappa shape index (κ3) is 1.51. The molecule has 0 radical (unpaired) electrons. The maximum absolute atomic E-state index is 4.41. The second-order valence-electron chi connectivity index (χ2n) is 3.84. The molecule has 0 aliphatic carbocycles. The number of hydrogen-bond donors (Lipinski definition) is 0. The molecule has 1 nitrogen and oxygen atoms in total. The predicted molar refractivity (Wildman–Crippen MR) is 69.8 cm³/mol. The minimum Gasteiger partial charge on any atom is -0.256 e. The van der Waals surface area contributed by atoms with Crippen LogP contribution in [0.4, 0.5) is 0 Å². The molecule has 0 saturated heterocycles. The van der Waals surface area contributed by atoms with Crippen molar-refractivity contribution >= 4 is 21.4 Å². The SMILES string of the molecule is Cc1cc2ccsc2cc1-c1ccccn1. The summed E-state index contributed by atoms with van der Waals surface area (Å²) in [6, 6.07) is 12.7. The van der Waals surface area contributed by atoms with Crippen LogP contribution in [0.15, 0.2) is 48.0 Å². The van der Waals surface area contributed by atoms with Crippen LogP contribution in [0.5, 0.6) is 0 Å².